The van der Waals surface area contributed by atoms with Crippen molar-refractivity contribution in [1.82, 2.24) is 5.32 Å². The molecule has 1 amide bonds. The second-order valence-corrected chi connectivity index (χ2v) is 5.85. The molecule has 0 radical (unpaired) electrons. The van der Waals surface area contributed by atoms with Crippen molar-refractivity contribution < 1.29 is 19.4 Å². The van der Waals surface area contributed by atoms with Gasteiger partial charge in [0.15, 0.2) is 0 Å². The molecule has 1 rings (SSSR count). The molecule has 1 saturated heterocycles. The van der Waals surface area contributed by atoms with Crippen molar-refractivity contribution in [3.05, 3.63) is 0 Å². The standard InChI is InChI=1S/C14H25NO4/c1-9(2)6-11(7-13(16)17)8-15-14(18)12-5-4-10(3)19-12/h9-12H,4-8H2,1-3H3,(H,15,18)(H,16,17)/t10?,11-,12?/m0/s1. The van der Waals surface area contributed by atoms with Gasteiger partial charge >= 0.3 is 5.97 Å². The Morgan fingerprint density at radius 2 is 2.05 bits per heavy atom. The molecule has 2 N–H and O–H groups in total. The summed E-state index contributed by atoms with van der Waals surface area (Å²) in [5.74, 6) is -0.515. The monoisotopic (exact) mass is 271 g/mol. The maximum atomic E-state index is 11.9. The van der Waals surface area contributed by atoms with Crippen molar-refractivity contribution in [3.8, 4) is 0 Å². The van der Waals surface area contributed by atoms with Crippen molar-refractivity contribution in [1.29, 1.82) is 0 Å². The fourth-order valence-corrected chi connectivity index (χ4v) is 2.51. The van der Waals surface area contributed by atoms with E-state index in [1.807, 2.05) is 6.92 Å². The van der Waals surface area contributed by atoms with Gasteiger partial charge in [-0.2, -0.15) is 0 Å². The summed E-state index contributed by atoms with van der Waals surface area (Å²) in [6, 6.07) is 0. The van der Waals surface area contributed by atoms with Gasteiger partial charge in [-0.1, -0.05) is 13.8 Å². The summed E-state index contributed by atoms with van der Waals surface area (Å²) in [7, 11) is 0. The molecule has 110 valence electrons. The van der Waals surface area contributed by atoms with Crippen LogP contribution in [0.1, 0.15) is 46.5 Å². The second-order valence-electron chi connectivity index (χ2n) is 5.85. The molecule has 0 spiro atoms. The van der Waals surface area contributed by atoms with E-state index in [-0.39, 0.29) is 30.5 Å². The van der Waals surface area contributed by atoms with Gasteiger partial charge in [-0.15, -0.1) is 0 Å². The predicted octanol–water partition coefficient (Wildman–Crippen LogP) is 1.81. The number of rotatable bonds is 7. The van der Waals surface area contributed by atoms with Crippen LogP contribution in [-0.2, 0) is 14.3 Å². The number of ether oxygens (including phenoxy) is 1. The number of nitrogens with one attached hydrogen (secondary N) is 1. The maximum absolute atomic E-state index is 11.9. The average molecular weight is 271 g/mol. The highest BCUT2D eigenvalue weighted by atomic mass is 16.5. The van der Waals surface area contributed by atoms with Gasteiger partial charge in [-0.05, 0) is 38.0 Å². The second kappa shape index (κ2) is 7.48. The van der Waals surface area contributed by atoms with Crippen LogP contribution in [0.2, 0.25) is 0 Å². The molecule has 0 aromatic rings. The lowest BCUT2D eigenvalue weighted by molar-refractivity contribution is -0.139. The average Bonchev–Trinajstić information content (AvgIpc) is 2.71. The summed E-state index contributed by atoms with van der Waals surface area (Å²) < 4.78 is 5.49. The van der Waals surface area contributed by atoms with Gasteiger partial charge in [0.25, 0.3) is 0 Å². The topological polar surface area (TPSA) is 75.6 Å². The molecular weight excluding hydrogens is 246 g/mol. The van der Waals surface area contributed by atoms with Crippen LogP contribution < -0.4 is 5.32 Å². The van der Waals surface area contributed by atoms with E-state index in [0.717, 1.165) is 19.3 Å². The number of hydrogen-bond acceptors (Lipinski definition) is 3. The Hall–Kier alpha value is -1.10. The summed E-state index contributed by atoms with van der Waals surface area (Å²) in [6.45, 7) is 6.48. The van der Waals surface area contributed by atoms with Gasteiger partial charge in [0.05, 0.1) is 6.10 Å². The van der Waals surface area contributed by atoms with Crippen LogP contribution in [0.3, 0.4) is 0 Å². The lowest BCUT2D eigenvalue weighted by atomic mass is 9.94. The summed E-state index contributed by atoms with van der Waals surface area (Å²) >= 11 is 0. The van der Waals surface area contributed by atoms with Gasteiger partial charge in [0.1, 0.15) is 6.10 Å². The lowest BCUT2D eigenvalue weighted by Gasteiger charge is -2.19. The van der Waals surface area contributed by atoms with Crippen molar-refractivity contribution in [2.24, 2.45) is 11.8 Å². The molecule has 19 heavy (non-hydrogen) atoms. The highest BCUT2D eigenvalue weighted by molar-refractivity contribution is 5.81. The molecule has 1 fully saturated rings. The molecular formula is C14H25NO4. The van der Waals surface area contributed by atoms with Gasteiger partial charge in [-0.25, -0.2) is 0 Å². The highest BCUT2D eigenvalue weighted by Gasteiger charge is 2.28. The minimum Gasteiger partial charge on any atom is -0.481 e. The van der Waals surface area contributed by atoms with E-state index in [2.05, 4.69) is 19.2 Å². The van der Waals surface area contributed by atoms with E-state index < -0.39 is 5.97 Å². The largest absolute Gasteiger partial charge is 0.481 e. The fraction of sp³-hybridized carbons (Fsp3) is 0.857. The van der Waals surface area contributed by atoms with Crippen molar-refractivity contribution >= 4 is 11.9 Å². The van der Waals surface area contributed by atoms with Crippen molar-refractivity contribution in [3.63, 3.8) is 0 Å². The van der Waals surface area contributed by atoms with Crippen LogP contribution >= 0.6 is 0 Å². The number of carbonyl (C=O) groups is 2. The first-order valence-corrected chi connectivity index (χ1v) is 7.03. The Kier molecular flexibility index (Phi) is 6.28. The normalized spacial score (nSPS) is 24.4. The number of amides is 1. The fourth-order valence-electron chi connectivity index (χ4n) is 2.51. The molecule has 3 atom stereocenters. The van der Waals surface area contributed by atoms with Crippen LogP contribution in [0.25, 0.3) is 0 Å². The first-order valence-electron chi connectivity index (χ1n) is 7.03. The first-order chi connectivity index (χ1) is 8.88. The van der Waals surface area contributed by atoms with Gasteiger partial charge in [0, 0.05) is 13.0 Å². The van der Waals surface area contributed by atoms with Crippen LogP contribution in [0.4, 0.5) is 0 Å². The highest BCUT2D eigenvalue weighted by Crippen LogP contribution is 2.19. The van der Waals surface area contributed by atoms with Gasteiger partial charge in [-0.3, -0.25) is 9.59 Å². The molecule has 0 aromatic carbocycles. The number of aliphatic carboxylic acids is 1. The molecule has 0 bridgehead atoms. The zero-order valence-electron chi connectivity index (χ0n) is 12.0. The minimum absolute atomic E-state index is 0.0136. The lowest BCUT2D eigenvalue weighted by Crippen LogP contribution is -2.38. The first kappa shape index (κ1) is 16.0. The third kappa shape index (κ3) is 6.05. The number of carboxylic acids is 1. The van der Waals surface area contributed by atoms with Gasteiger partial charge in [0.2, 0.25) is 5.91 Å². The Labute approximate surface area is 114 Å². The zero-order chi connectivity index (χ0) is 14.4. The van der Waals surface area contributed by atoms with E-state index in [1.54, 1.807) is 0 Å². The SMILES string of the molecule is CC(C)C[C@H](CNC(=O)C1CCC(C)O1)CC(=O)O. The molecule has 0 aromatic heterocycles. The Bertz CT molecular complexity index is 317. The number of hydrogen-bond donors (Lipinski definition) is 2. The molecule has 5 nitrogen and oxygen atoms in total. The third-order valence-corrected chi connectivity index (χ3v) is 3.36. The van der Waals surface area contributed by atoms with E-state index in [4.69, 9.17) is 9.84 Å². The molecule has 1 heterocycles. The molecule has 0 saturated carbocycles. The van der Waals surface area contributed by atoms with Crippen LogP contribution in [0.15, 0.2) is 0 Å². The van der Waals surface area contributed by atoms with Crippen LogP contribution in [0, 0.1) is 11.8 Å². The van der Waals surface area contributed by atoms with E-state index in [0.29, 0.717) is 12.5 Å². The zero-order valence-corrected chi connectivity index (χ0v) is 12.0. The molecule has 1 aliphatic heterocycles. The molecule has 0 aliphatic carbocycles. The quantitative estimate of drug-likeness (QED) is 0.740. The predicted molar refractivity (Wildman–Crippen MR) is 71.8 cm³/mol. The molecule has 1 aliphatic rings. The van der Waals surface area contributed by atoms with Crippen molar-refractivity contribution in [2.45, 2.75) is 58.7 Å². The third-order valence-electron chi connectivity index (χ3n) is 3.36. The Morgan fingerprint density at radius 1 is 1.37 bits per heavy atom. The summed E-state index contributed by atoms with van der Waals surface area (Å²) in [5.41, 5.74) is 0. The Morgan fingerprint density at radius 3 is 2.53 bits per heavy atom. The smallest absolute Gasteiger partial charge is 0.303 e. The van der Waals surface area contributed by atoms with E-state index in [9.17, 15) is 9.59 Å². The summed E-state index contributed by atoms with van der Waals surface area (Å²) in [6.07, 6.45) is 2.33. The van der Waals surface area contributed by atoms with Crippen LogP contribution in [0.5, 0.6) is 0 Å². The number of carboxylic acid groups (broad SMARTS) is 1. The van der Waals surface area contributed by atoms with E-state index in [1.165, 1.54) is 0 Å². The van der Waals surface area contributed by atoms with E-state index >= 15 is 0 Å². The minimum atomic E-state index is -0.814. The summed E-state index contributed by atoms with van der Waals surface area (Å²) in [4.78, 5) is 22.7. The van der Waals surface area contributed by atoms with Crippen molar-refractivity contribution in [2.75, 3.05) is 6.54 Å². The Balaban J connectivity index is 2.37. The van der Waals surface area contributed by atoms with Gasteiger partial charge < -0.3 is 15.2 Å². The number of carbonyl (C=O) groups excluding carboxylic acids is 1. The molecule has 2 unspecified atom stereocenters. The van der Waals surface area contributed by atoms with Crippen LogP contribution in [-0.4, -0.2) is 35.7 Å². The summed E-state index contributed by atoms with van der Waals surface area (Å²) in [5, 5.41) is 11.7. The molecule has 5 heteroatoms. The maximum Gasteiger partial charge on any atom is 0.303 e.